The zero-order valence-corrected chi connectivity index (χ0v) is 18.2. The predicted octanol–water partition coefficient (Wildman–Crippen LogP) is 5.39. The number of aryl methyl sites for hydroxylation is 1. The summed E-state index contributed by atoms with van der Waals surface area (Å²) in [5.74, 6) is 0.358. The summed E-state index contributed by atoms with van der Waals surface area (Å²) in [4.78, 5) is 22.7. The van der Waals surface area contributed by atoms with E-state index in [4.69, 9.17) is 0 Å². The fourth-order valence-electron chi connectivity index (χ4n) is 3.27. The normalized spacial score (nSPS) is 11.0. The summed E-state index contributed by atoms with van der Waals surface area (Å²) in [7, 11) is 0. The molecule has 0 spiro atoms. The summed E-state index contributed by atoms with van der Waals surface area (Å²) in [5.41, 5.74) is 6.34. The first-order chi connectivity index (χ1) is 15.1. The van der Waals surface area contributed by atoms with Crippen LogP contribution in [0.4, 0.5) is 5.69 Å². The Kier molecular flexibility index (Phi) is 5.01. The maximum absolute atomic E-state index is 12.9. The molecule has 1 N–H and O–H groups in total. The molecule has 1 amide bonds. The van der Waals surface area contributed by atoms with Crippen molar-refractivity contribution in [1.29, 1.82) is 0 Å². The van der Waals surface area contributed by atoms with Gasteiger partial charge in [-0.15, -0.1) is 24.0 Å². The number of aromatic nitrogens is 4. The maximum atomic E-state index is 12.9. The first kappa shape index (κ1) is 19.5. The van der Waals surface area contributed by atoms with Crippen LogP contribution in [0.25, 0.3) is 27.3 Å². The van der Waals surface area contributed by atoms with E-state index in [1.807, 2.05) is 54.9 Å². The second-order valence-corrected chi connectivity index (χ2v) is 8.40. The number of amides is 1. The molecule has 0 atom stereocenters. The minimum absolute atomic E-state index is 0.293. The highest BCUT2D eigenvalue weighted by Gasteiger charge is 2.18. The first-order valence-corrected chi connectivity index (χ1v) is 10.9. The highest BCUT2D eigenvalue weighted by molar-refractivity contribution is 7.80. The average Bonchev–Trinajstić information content (AvgIpc) is 3.42. The molecule has 152 valence electrons. The van der Waals surface area contributed by atoms with Crippen LogP contribution in [0.1, 0.15) is 16.2 Å². The van der Waals surface area contributed by atoms with E-state index in [9.17, 15) is 4.79 Å². The van der Waals surface area contributed by atoms with Gasteiger partial charge in [-0.05, 0) is 61.5 Å². The van der Waals surface area contributed by atoms with Crippen LogP contribution in [0.5, 0.6) is 0 Å². The van der Waals surface area contributed by atoms with Crippen LogP contribution in [-0.2, 0) is 0 Å². The van der Waals surface area contributed by atoms with Gasteiger partial charge in [-0.3, -0.25) is 4.79 Å². The van der Waals surface area contributed by atoms with Crippen molar-refractivity contribution < 1.29 is 4.79 Å². The molecular formula is C23H17N5OS2. The largest absolute Gasteiger partial charge is 0.321 e. The van der Waals surface area contributed by atoms with E-state index in [-0.39, 0.29) is 5.91 Å². The van der Waals surface area contributed by atoms with E-state index in [0.29, 0.717) is 17.2 Å². The van der Waals surface area contributed by atoms with Gasteiger partial charge in [0.2, 0.25) is 0 Å². The smallest absolute Gasteiger partial charge is 0.276 e. The van der Waals surface area contributed by atoms with Crippen molar-refractivity contribution in [3.05, 3.63) is 83.6 Å². The summed E-state index contributed by atoms with van der Waals surface area (Å²) in [6.45, 7) is 1.93. The molecule has 0 saturated carbocycles. The standard InChI is InChI=1S/C23H17N5OS2/c1-14-3-2-4-22(25-14)28-20(15-5-10-18-21(11-15)31-13-24-18)12-19(27-28)23(29)26-16-6-8-17(30)9-7-16/h2-13,30H,1H3,(H,26,29). The number of fused-ring (bicyclic) bond motifs is 1. The molecule has 0 aliphatic rings. The number of nitrogens with one attached hydrogen (secondary N) is 1. The predicted molar refractivity (Wildman–Crippen MR) is 126 cm³/mol. The molecule has 3 aromatic heterocycles. The Bertz CT molecular complexity index is 1410. The van der Waals surface area contributed by atoms with Gasteiger partial charge in [0.05, 0.1) is 21.4 Å². The number of benzene rings is 2. The second-order valence-electron chi connectivity index (χ2n) is 7.00. The Balaban J connectivity index is 1.59. The molecule has 2 aromatic carbocycles. The van der Waals surface area contributed by atoms with Crippen LogP contribution in [0.15, 0.2) is 77.1 Å². The van der Waals surface area contributed by atoms with Crippen molar-refractivity contribution in [2.45, 2.75) is 11.8 Å². The second kappa shape index (κ2) is 7.98. The fourth-order valence-corrected chi connectivity index (χ4v) is 4.14. The van der Waals surface area contributed by atoms with E-state index in [1.165, 1.54) is 0 Å². The number of carbonyl (C=O) groups is 1. The lowest BCUT2D eigenvalue weighted by Crippen LogP contribution is -2.13. The van der Waals surface area contributed by atoms with E-state index < -0.39 is 0 Å². The molecule has 0 aliphatic heterocycles. The van der Waals surface area contributed by atoms with Crippen LogP contribution >= 0.6 is 24.0 Å². The van der Waals surface area contributed by atoms with Gasteiger partial charge in [0.15, 0.2) is 11.5 Å². The molecule has 8 heteroatoms. The van der Waals surface area contributed by atoms with Crippen molar-refractivity contribution in [3.8, 4) is 17.1 Å². The quantitative estimate of drug-likeness (QED) is 0.365. The third-order valence-corrected chi connectivity index (χ3v) is 5.87. The Hall–Kier alpha value is -3.49. The minimum atomic E-state index is -0.293. The molecule has 0 unspecified atom stereocenters. The molecule has 6 nitrogen and oxygen atoms in total. The number of thiazole rings is 1. The number of pyridine rings is 1. The van der Waals surface area contributed by atoms with Crippen molar-refractivity contribution in [3.63, 3.8) is 0 Å². The van der Waals surface area contributed by atoms with Gasteiger partial charge in [-0.2, -0.15) is 5.10 Å². The SMILES string of the molecule is Cc1cccc(-n2nc(C(=O)Nc3ccc(S)cc3)cc2-c2ccc3ncsc3c2)n1. The summed E-state index contributed by atoms with van der Waals surface area (Å²) in [5, 5.41) is 7.48. The Morgan fingerprint density at radius 1 is 1.06 bits per heavy atom. The van der Waals surface area contributed by atoms with Gasteiger partial charge in [0.25, 0.3) is 5.91 Å². The highest BCUT2D eigenvalue weighted by Crippen LogP contribution is 2.28. The maximum Gasteiger partial charge on any atom is 0.276 e. The molecule has 5 rings (SSSR count). The van der Waals surface area contributed by atoms with Crippen LogP contribution in [0.2, 0.25) is 0 Å². The van der Waals surface area contributed by atoms with Gasteiger partial charge in [0.1, 0.15) is 0 Å². The first-order valence-electron chi connectivity index (χ1n) is 9.55. The molecular weight excluding hydrogens is 426 g/mol. The van der Waals surface area contributed by atoms with Gasteiger partial charge in [0, 0.05) is 21.8 Å². The molecule has 0 radical (unpaired) electrons. The number of carbonyl (C=O) groups excluding carboxylic acids is 1. The number of anilines is 1. The van der Waals surface area contributed by atoms with Crippen LogP contribution in [0.3, 0.4) is 0 Å². The van der Waals surface area contributed by atoms with Crippen molar-refractivity contribution in [2.24, 2.45) is 0 Å². The lowest BCUT2D eigenvalue weighted by Gasteiger charge is -2.07. The van der Waals surface area contributed by atoms with Crippen molar-refractivity contribution in [1.82, 2.24) is 19.7 Å². The number of rotatable bonds is 4. The average molecular weight is 444 g/mol. The summed E-state index contributed by atoms with van der Waals surface area (Å²) >= 11 is 5.85. The van der Waals surface area contributed by atoms with Gasteiger partial charge in [-0.25, -0.2) is 14.6 Å². The monoisotopic (exact) mass is 443 g/mol. The summed E-state index contributed by atoms with van der Waals surface area (Å²) < 4.78 is 2.78. The number of nitrogens with zero attached hydrogens (tertiary/aromatic N) is 4. The van der Waals surface area contributed by atoms with Crippen LogP contribution < -0.4 is 5.32 Å². The van der Waals surface area contributed by atoms with Crippen molar-refractivity contribution >= 4 is 45.8 Å². The zero-order valence-electron chi connectivity index (χ0n) is 16.5. The van der Waals surface area contributed by atoms with Crippen LogP contribution in [0, 0.1) is 6.92 Å². The Morgan fingerprint density at radius 2 is 1.90 bits per heavy atom. The molecule has 31 heavy (non-hydrogen) atoms. The van der Waals surface area contributed by atoms with Gasteiger partial charge >= 0.3 is 0 Å². The minimum Gasteiger partial charge on any atom is -0.321 e. The zero-order chi connectivity index (χ0) is 21.4. The molecule has 0 bridgehead atoms. The Morgan fingerprint density at radius 3 is 2.71 bits per heavy atom. The number of hydrogen-bond donors (Lipinski definition) is 2. The van der Waals surface area contributed by atoms with E-state index >= 15 is 0 Å². The van der Waals surface area contributed by atoms with E-state index in [0.717, 1.165) is 32.1 Å². The molecule has 0 fully saturated rings. The van der Waals surface area contributed by atoms with Gasteiger partial charge in [-0.1, -0.05) is 12.1 Å². The van der Waals surface area contributed by atoms with Crippen LogP contribution in [-0.4, -0.2) is 25.7 Å². The Labute approximate surface area is 188 Å². The topological polar surface area (TPSA) is 72.7 Å². The highest BCUT2D eigenvalue weighted by atomic mass is 32.1. The molecule has 5 aromatic rings. The van der Waals surface area contributed by atoms with Crippen molar-refractivity contribution in [2.75, 3.05) is 5.32 Å². The molecule has 0 aliphatic carbocycles. The summed E-state index contributed by atoms with van der Waals surface area (Å²) in [6, 6.07) is 20.8. The van der Waals surface area contributed by atoms with E-state index in [1.54, 1.807) is 34.2 Å². The third-order valence-electron chi connectivity index (χ3n) is 4.78. The van der Waals surface area contributed by atoms with Gasteiger partial charge < -0.3 is 5.32 Å². The third kappa shape index (κ3) is 3.95. The van der Waals surface area contributed by atoms with E-state index in [2.05, 4.69) is 39.1 Å². The molecule has 0 saturated heterocycles. The summed E-state index contributed by atoms with van der Waals surface area (Å²) in [6.07, 6.45) is 0. The number of hydrogen-bond acceptors (Lipinski definition) is 6. The lowest BCUT2D eigenvalue weighted by atomic mass is 10.1. The molecule has 3 heterocycles. The fraction of sp³-hybridized carbons (Fsp3) is 0.0435. The number of thiol groups is 1. The lowest BCUT2D eigenvalue weighted by molar-refractivity contribution is 0.102.